The smallest absolute Gasteiger partial charge is 0.162 e. The molecule has 9 rings (SSSR count). The van der Waals surface area contributed by atoms with Crippen molar-refractivity contribution >= 4 is 64.6 Å². The van der Waals surface area contributed by atoms with Crippen LogP contribution in [0.4, 0.5) is 0 Å². The molecule has 0 saturated carbocycles. The number of hydrogen-bond donors (Lipinski definition) is 0. The van der Waals surface area contributed by atoms with Gasteiger partial charge in [0.2, 0.25) is 0 Å². The van der Waals surface area contributed by atoms with Crippen LogP contribution in [0.1, 0.15) is 518 Å². The first kappa shape index (κ1) is 122. The van der Waals surface area contributed by atoms with Gasteiger partial charge in [-0.3, -0.25) is 0 Å². The fourth-order valence-corrected chi connectivity index (χ4v) is 21.2. The number of unbranched alkanes of at least 4 members (excludes halogenated alkanes) is 64. The maximum Gasteiger partial charge on any atom is 0.162 e. The molecule has 0 amide bonds. The van der Waals surface area contributed by atoms with Crippen LogP contribution in [0.25, 0.3) is 64.6 Å². The number of hydrogen-bond acceptors (Lipinski definition) is 14. The molecule has 14 nitrogen and oxygen atoms in total. The second kappa shape index (κ2) is 80.7. The molecule has 1 aliphatic rings. The van der Waals surface area contributed by atoms with Crippen LogP contribution in [0.5, 0.6) is 69.0 Å². The average molecular weight is 2020 g/mol. The highest BCUT2D eigenvalue weighted by atomic mass is 16.6. The van der Waals surface area contributed by atoms with Crippen molar-refractivity contribution in [1.82, 2.24) is 0 Å². The molecule has 0 atom stereocenters. The van der Waals surface area contributed by atoms with Gasteiger partial charge in [-0.05, 0) is 189 Å². The number of rotatable bonds is 88. The second-order valence-electron chi connectivity index (χ2n) is 43.1. The Morgan fingerprint density at radius 2 is 0.233 bits per heavy atom. The second-order valence-corrected chi connectivity index (χ2v) is 43.1. The Balaban J connectivity index is 1.16. The van der Waals surface area contributed by atoms with Gasteiger partial charge in [-0.25, -0.2) is 0 Å². The summed E-state index contributed by atoms with van der Waals surface area (Å²) in [5.41, 5.74) is 0. The van der Waals surface area contributed by atoms with Gasteiger partial charge in [0.25, 0.3) is 0 Å². The lowest BCUT2D eigenvalue weighted by Gasteiger charge is -2.21. The third-order valence-corrected chi connectivity index (χ3v) is 30.2. The third kappa shape index (κ3) is 48.2. The molecule has 1 aliphatic heterocycles. The molecule has 8 aromatic carbocycles. The van der Waals surface area contributed by atoms with Gasteiger partial charge >= 0.3 is 0 Å². The van der Waals surface area contributed by atoms with E-state index in [4.69, 9.17) is 66.3 Å². The van der Waals surface area contributed by atoms with E-state index < -0.39 is 0 Å². The van der Waals surface area contributed by atoms with Crippen molar-refractivity contribution in [3.63, 3.8) is 0 Å². The van der Waals surface area contributed by atoms with Gasteiger partial charge in [0, 0.05) is 0 Å². The largest absolute Gasteiger partial charge is 0.490 e. The Morgan fingerprint density at radius 3 is 0.363 bits per heavy atom. The van der Waals surface area contributed by atoms with Crippen molar-refractivity contribution in [2.24, 2.45) is 0 Å². The lowest BCUT2D eigenvalue weighted by atomic mass is 9.93. The normalized spacial score (nSPS) is 12.9. The van der Waals surface area contributed by atoms with E-state index in [0.717, 1.165) is 213 Å². The molecule has 0 aliphatic carbocycles. The molecule has 1 heterocycles. The van der Waals surface area contributed by atoms with Crippen molar-refractivity contribution in [1.29, 1.82) is 0 Å². The van der Waals surface area contributed by atoms with Crippen LogP contribution in [-0.4, -0.2) is 106 Å². The predicted molar refractivity (Wildman–Crippen MR) is 623 cm³/mol. The molecular weight excluding hydrogens is 1810 g/mol. The maximum atomic E-state index is 7.26. The molecule has 824 valence electrons. The molecule has 0 radical (unpaired) electrons. The Morgan fingerprint density at radius 1 is 0.130 bits per heavy atom. The summed E-state index contributed by atoms with van der Waals surface area (Å²) in [7, 11) is 0. The minimum atomic E-state index is 0.182. The van der Waals surface area contributed by atoms with Crippen molar-refractivity contribution < 1.29 is 66.3 Å². The summed E-state index contributed by atoms with van der Waals surface area (Å²) in [5, 5.41) is 12.4. The van der Waals surface area contributed by atoms with Gasteiger partial charge in [0.15, 0.2) is 69.0 Å². The molecular formula is C132H212O14. The number of benzene rings is 8. The van der Waals surface area contributed by atoms with Crippen molar-refractivity contribution in [3.8, 4) is 69.0 Å². The maximum absolute atomic E-state index is 7.26. The van der Waals surface area contributed by atoms with Crippen LogP contribution in [0.15, 0.2) is 72.8 Å². The zero-order valence-electron chi connectivity index (χ0n) is 94.9. The molecule has 146 heavy (non-hydrogen) atoms. The van der Waals surface area contributed by atoms with Crippen molar-refractivity contribution in [2.75, 3.05) is 106 Å². The zero-order valence-corrected chi connectivity index (χ0v) is 94.9. The third-order valence-electron chi connectivity index (χ3n) is 30.2. The average Bonchev–Trinajstić information content (AvgIpc) is 0.728. The summed E-state index contributed by atoms with van der Waals surface area (Å²) in [6.07, 6.45) is 89.3. The lowest BCUT2D eigenvalue weighted by molar-refractivity contribution is 0.0265. The van der Waals surface area contributed by atoms with E-state index in [1.165, 1.54) is 360 Å². The van der Waals surface area contributed by atoms with E-state index in [1.807, 2.05) is 0 Å². The number of ether oxygens (including phenoxy) is 14. The standard InChI is InChI=1S/C132H212O14/c1-9-17-25-33-41-49-57-65-73-81-135-121-97-109-111-99-123(137-83-75-67-59-51-43-35-27-19-11-3)127(141-87-79-71-63-55-47-39-31-23-15-7)103-115(111)119-107-131-129(105-117(119)113(109)101-125(121)139-85-77-69-61-53-45-37-29-21-13-5)143-93-91-133-89-90-134-92-94-144-130-106-118-114-102-126(140-86-78-70-62-54-46-38-30-22-14-6)122(136-82-74-66-58-50-42-34-26-18-10-2)98-110(114)112-100-124(138-84-76-68-60-52-44-36-28-20-12-4)128(142-88-80-72-64-56-48-40-32-24-16-8)104-116(112)120(118)108-132(130)146-96-95-145-131/h97-108H,9-96H2,1-8H3. The first-order chi connectivity index (χ1) is 72.4. The summed E-state index contributed by atoms with van der Waals surface area (Å²) >= 11 is 0. The molecule has 0 unspecified atom stereocenters. The van der Waals surface area contributed by atoms with E-state index in [0.29, 0.717) is 102 Å². The Bertz CT molecular complexity index is 4340. The van der Waals surface area contributed by atoms with Crippen LogP contribution in [0, 0.1) is 0 Å². The predicted octanol–water partition coefficient (Wildman–Crippen LogP) is 41.1. The van der Waals surface area contributed by atoms with Gasteiger partial charge in [-0.1, -0.05) is 466 Å². The summed E-state index contributed by atoms with van der Waals surface area (Å²) in [5.74, 6) is 8.62. The van der Waals surface area contributed by atoms with E-state index in [9.17, 15) is 0 Å². The summed E-state index contributed by atoms with van der Waals surface area (Å²) < 4.78 is 98.0. The molecule has 0 saturated heterocycles. The van der Waals surface area contributed by atoms with Gasteiger partial charge < -0.3 is 66.3 Å². The first-order valence-corrected chi connectivity index (χ1v) is 62.2. The van der Waals surface area contributed by atoms with Crippen LogP contribution < -0.4 is 56.8 Å². The molecule has 0 fully saturated rings. The van der Waals surface area contributed by atoms with Crippen molar-refractivity contribution in [3.05, 3.63) is 72.8 Å². The summed E-state index contributed by atoms with van der Waals surface area (Å²) in [4.78, 5) is 0. The Hall–Kier alpha value is -7.16. The number of fused-ring (bicyclic) bond motifs is 14. The fraction of sp³-hybridized carbons (Fsp3) is 0.727. The Labute approximate surface area is 890 Å². The van der Waals surface area contributed by atoms with Gasteiger partial charge in [0.1, 0.15) is 26.4 Å². The van der Waals surface area contributed by atoms with Crippen LogP contribution in [0.2, 0.25) is 0 Å². The van der Waals surface area contributed by atoms with E-state index in [1.54, 1.807) is 0 Å². The molecule has 0 bridgehead atoms. The van der Waals surface area contributed by atoms with Crippen molar-refractivity contribution in [2.45, 2.75) is 518 Å². The minimum absolute atomic E-state index is 0.182. The summed E-state index contributed by atoms with van der Waals surface area (Å²) in [6, 6.07) is 27.0. The van der Waals surface area contributed by atoms with Crippen LogP contribution in [-0.2, 0) is 9.47 Å². The highest BCUT2D eigenvalue weighted by Gasteiger charge is 2.26. The molecule has 0 N–H and O–H groups in total. The Kier molecular flexibility index (Phi) is 67.6. The van der Waals surface area contributed by atoms with Crippen LogP contribution in [0.3, 0.4) is 0 Å². The molecule has 8 aromatic rings. The lowest BCUT2D eigenvalue weighted by Crippen LogP contribution is -2.15. The minimum Gasteiger partial charge on any atom is -0.490 e. The van der Waals surface area contributed by atoms with E-state index in [-0.39, 0.29) is 26.4 Å². The highest BCUT2D eigenvalue weighted by Crippen LogP contribution is 2.51. The van der Waals surface area contributed by atoms with E-state index >= 15 is 0 Å². The molecule has 14 heteroatoms. The SMILES string of the molecule is CCCCCCCCCCCOc1cc2c3cc(OCCCCCCCCCCC)c(OCCCCCCCCCCC)cc3c3cc4c(cc3c2cc1OCCCCCCCCCCC)OCCOCCOCCOc1cc2c3cc(OCCCCCCCCCCC)c(OCCCCCCCCCCC)cc3c3cc(OCCCCCCCCCCC)c(OCCCCCCCCCCC)cc3c2cc1OCCO4. The highest BCUT2D eigenvalue weighted by molar-refractivity contribution is 6.28. The summed E-state index contributed by atoms with van der Waals surface area (Å²) in [6.45, 7) is 25.7. The van der Waals surface area contributed by atoms with E-state index in [2.05, 4.69) is 128 Å². The molecule has 0 aromatic heterocycles. The molecule has 0 spiro atoms. The quantitative estimate of drug-likeness (QED) is 0.0265. The fourth-order valence-electron chi connectivity index (χ4n) is 21.2. The zero-order chi connectivity index (χ0) is 102. The van der Waals surface area contributed by atoms with Gasteiger partial charge in [-0.15, -0.1) is 0 Å². The topological polar surface area (TPSA) is 129 Å². The van der Waals surface area contributed by atoms with Crippen LogP contribution >= 0.6 is 0 Å². The first-order valence-electron chi connectivity index (χ1n) is 62.2. The monoisotopic (exact) mass is 2020 g/mol. The van der Waals surface area contributed by atoms with Gasteiger partial charge in [-0.2, -0.15) is 0 Å². The van der Waals surface area contributed by atoms with Gasteiger partial charge in [0.05, 0.1) is 79.3 Å².